The van der Waals surface area contributed by atoms with Gasteiger partial charge in [-0.25, -0.2) is 9.37 Å². The molecule has 2 rings (SSSR count). The molecule has 3 nitrogen and oxygen atoms in total. The van der Waals surface area contributed by atoms with Crippen LogP contribution in [0, 0.1) is 5.82 Å². The van der Waals surface area contributed by atoms with Gasteiger partial charge >= 0.3 is 0 Å². The Morgan fingerprint density at radius 3 is 2.72 bits per heavy atom. The van der Waals surface area contributed by atoms with Crippen LogP contribution in [0.2, 0.25) is 0 Å². The van der Waals surface area contributed by atoms with Crippen molar-refractivity contribution in [3.8, 4) is 0 Å². The first-order valence-corrected chi connectivity index (χ1v) is 6.53. The fourth-order valence-corrected chi connectivity index (χ4v) is 2.00. The van der Waals surface area contributed by atoms with Gasteiger partial charge < -0.3 is 5.32 Å². The highest BCUT2D eigenvalue weighted by molar-refractivity contribution is 9.10. The lowest BCUT2D eigenvalue weighted by Gasteiger charge is -2.06. The zero-order valence-corrected chi connectivity index (χ0v) is 12.1. The van der Waals surface area contributed by atoms with E-state index in [1.807, 2.05) is 0 Å². The highest BCUT2D eigenvalue weighted by Gasteiger charge is 2.11. The third-order valence-corrected chi connectivity index (χ3v) is 3.46. The standard InChI is InChI=1S/C12H7Br2FN2O/c13-9-4-3-7(6-10(9)15)17-12(18)8-2-1-5-16-11(8)14/h1-6H,(H,17,18). The molecule has 0 aliphatic carbocycles. The first-order valence-electron chi connectivity index (χ1n) is 4.95. The van der Waals surface area contributed by atoms with E-state index in [4.69, 9.17) is 0 Å². The van der Waals surface area contributed by atoms with E-state index in [-0.39, 0.29) is 5.91 Å². The van der Waals surface area contributed by atoms with Gasteiger partial charge in [0.1, 0.15) is 10.4 Å². The molecule has 2 aromatic rings. The maximum absolute atomic E-state index is 13.3. The van der Waals surface area contributed by atoms with Crippen LogP contribution in [0.1, 0.15) is 10.4 Å². The third kappa shape index (κ3) is 2.94. The molecule has 6 heteroatoms. The van der Waals surface area contributed by atoms with E-state index in [1.165, 1.54) is 12.1 Å². The number of aromatic nitrogens is 1. The van der Waals surface area contributed by atoms with Crippen LogP contribution in [0.3, 0.4) is 0 Å². The number of hydrogen-bond donors (Lipinski definition) is 1. The molecule has 0 aliphatic rings. The first-order chi connectivity index (χ1) is 8.58. The number of anilines is 1. The normalized spacial score (nSPS) is 10.2. The molecule has 0 fully saturated rings. The Hall–Kier alpha value is -1.27. The van der Waals surface area contributed by atoms with E-state index >= 15 is 0 Å². The summed E-state index contributed by atoms with van der Waals surface area (Å²) in [6.07, 6.45) is 1.57. The van der Waals surface area contributed by atoms with Crippen LogP contribution >= 0.6 is 31.9 Å². The number of carbonyl (C=O) groups excluding carboxylic acids is 1. The second-order valence-electron chi connectivity index (χ2n) is 3.42. The number of rotatable bonds is 2. The van der Waals surface area contributed by atoms with Crippen molar-refractivity contribution in [1.29, 1.82) is 0 Å². The fourth-order valence-electron chi connectivity index (χ4n) is 1.33. The molecule has 1 N–H and O–H groups in total. The van der Waals surface area contributed by atoms with Crippen molar-refractivity contribution in [2.75, 3.05) is 5.32 Å². The summed E-state index contributed by atoms with van der Waals surface area (Å²) in [6.45, 7) is 0. The van der Waals surface area contributed by atoms with Gasteiger partial charge in [-0.15, -0.1) is 0 Å². The van der Waals surface area contributed by atoms with Gasteiger partial charge in [-0.1, -0.05) is 0 Å². The average Bonchev–Trinajstić information content (AvgIpc) is 2.34. The van der Waals surface area contributed by atoms with Gasteiger partial charge in [0.25, 0.3) is 5.91 Å². The summed E-state index contributed by atoms with van der Waals surface area (Å²) in [5.41, 5.74) is 0.775. The lowest BCUT2D eigenvalue weighted by Crippen LogP contribution is -2.13. The van der Waals surface area contributed by atoms with Crippen LogP contribution in [0.25, 0.3) is 0 Å². The van der Waals surface area contributed by atoms with E-state index < -0.39 is 5.82 Å². The van der Waals surface area contributed by atoms with E-state index in [1.54, 1.807) is 24.4 Å². The molecule has 0 unspecified atom stereocenters. The second kappa shape index (κ2) is 5.58. The summed E-state index contributed by atoms with van der Waals surface area (Å²) in [7, 11) is 0. The number of nitrogens with one attached hydrogen (secondary N) is 1. The molecule has 0 saturated heterocycles. The quantitative estimate of drug-likeness (QED) is 0.808. The molecule has 1 aromatic heterocycles. The lowest BCUT2D eigenvalue weighted by atomic mass is 10.2. The van der Waals surface area contributed by atoms with Crippen molar-refractivity contribution >= 4 is 43.5 Å². The topological polar surface area (TPSA) is 42.0 Å². The zero-order valence-electron chi connectivity index (χ0n) is 8.95. The SMILES string of the molecule is O=C(Nc1ccc(Br)c(F)c1)c1cccnc1Br. The Morgan fingerprint density at radius 1 is 1.28 bits per heavy atom. The Morgan fingerprint density at radius 2 is 2.06 bits per heavy atom. The van der Waals surface area contributed by atoms with Gasteiger partial charge in [0, 0.05) is 11.9 Å². The van der Waals surface area contributed by atoms with Crippen molar-refractivity contribution in [2.24, 2.45) is 0 Å². The summed E-state index contributed by atoms with van der Waals surface area (Å²) in [5.74, 6) is -0.783. The van der Waals surface area contributed by atoms with E-state index in [0.29, 0.717) is 20.3 Å². The number of benzene rings is 1. The van der Waals surface area contributed by atoms with Gasteiger partial charge in [0.2, 0.25) is 0 Å². The lowest BCUT2D eigenvalue weighted by molar-refractivity contribution is 0.102. The Kier molecular flexibility index (Phi) is 4.08. The molecule has 0 radical (unpaired) electrons. The smallest absolute Gasteiger partial charge is 0.258 e. The molecule has 0 spiro atoms. The van der Waals surface area contributed by atoms with Crippen molar-refractivity contribution in [3.05, 3.63) is 57.0 Å². The van der Waals surface area contributed by atoms with Crippen molar-refractivity contribution in [3.63, 3.8) is 0 Å². The highest BCUT2D eigenvalue weighted by atomic mass is 79.9. The predicted octanol–water partition coefficient (Wildman–Crippen LogP) is 4.00. The van der Waals surface area contributed by atoms with Crippen molar-refractivity contribution in [2.45, 2.75) is 0 Å². The molecule has 18 heavy (non-hydrogen) atoms. The van der Waals surface area contributed by atoms with Crippen molar-refractivity contribution in [1.82, 2.24) is 4.98 Å². The molecule has 1 aromatic carbocycles. The van der Waals surface area contributed by atoms with Crippen LogP contribution < -0.4 is 5.32 Å². The minimum absolute atomic E-state index is 0.350. The summed E-state index contributed by atoms with van der Waals surface area (Å²) in [4.78, 5) is 15.9. The van der Waals surface area contributed by atoms with E-state index in [2.05, 4.69) is 42.2 Å². The second-order valence-corrected chi connectivity index (χ2v) is 5.03. The predicted molar refractivity (Wildman–Crippen MR) is 74.0 cm³/mol. The van der Waals surface area contributed by atoms with Crippen LogP contribution in [0.15, 0.2) is 45.6 Å². The van der Waals surface area contributed by atoms with Crippen molar-refractivity contribution < 1.29 is 9.18 Å². The van der Waals surface area contributed by atoms with Gasteiger partial charge in [0.05, 0.1) is 10.0 Å². The third-order valence-electron chi connectivity index (χ3n) is 2.18. The molecule has 1 amide bonds. The molecule has 0 bridgehead atoms. The summed E-state index contributed by atoms with van der Waals surface area (Å²) in [5, 5.41) is 2.60. The van der Waals surface area contributed by atoms with Crippen LogP contribution in [-0.4, -0.2) is 10.9 Å². The van der Waals surface area contributed by atoms with Gasteiger partial charge in [-0.05, 0) is 62.2 Å². The maximum atomic E-state index is 13.3. The first kappa shape index (κ1) is 13.2. The average molecular weight is 374 g/mol. The van der Waals surface area contributed by atoms with Crippen LogP contribution in [-0.2, 0) is 0 Å². The zero-order chi connectivity index (χ0) is 13.1. The minimum Gasteiger partial charge on any atom is -0.322 e. The highest BCUT2D eigenvalue weighted by Crippen LogP contribution is 2.20. The summed E-state index contributed by atoms with van der Waals surface area (Å²) in [6, 6.07) is 7.66. The van der Waals surface area contributed by atoms with E-state index in [0.717, 1.165) is 0 Å². The molecular weight excluding hydrogens is 367 g/mol. The number of halogens is 3. The number of nitrogens with zero attached hydrogens (tertiary/aromatic N) is 1. The van der Waals surface area contributed by atoms with Gasteiger partial charge in [0.15, 0.2) is 0 Å². The minimum atomic E-state index is -0.432. The van der Waals surface area contributed by atoms with Gasteiger partial charge in [-0.3, -0.25) is 4.79 Å². The fraction of sp³-hybridized carbons (Fsp3) is 0. The maximum Gasteiger partial charge on any atom is 0.258 e. The summed E-state index contributed by atoms with van der Waals surface area (Å²) < 4.78 is 14.1. The van der Waals surface area contributed by atoms with Gasteiger partial charge in [-0.2, -0.15) is 0 Å². The molecule has 92 valence electrons. The number of pyridine rings is 1. The summed E-state index contributed by atoms with van der Waals surface area (Å²) >= 11 is 6.23. The Balaban J connectivity index is 2.22. The molecule has 0 saturated carbocycles. The van der Waals surface area contributed by atoms with E-state index in [9.17, 15) is 9.18 Å². The largest absolute Gasteiger partial charge is 0.322 e. The Labute approximate surface area is 120 Å². The van der Waals surface area contributed by atoms with Crippen LogP contribution in [0.5, 0.6) is 0 Å². The molecular formula is C12H7Br2FN2O. The molecule has 1 heterocycles. The number of carbonyl (C=O) groups is 1. The number of amides is 1. The number of hydrogen-bond acceptors (Lipinski definition) is 2. The molecule has 0 atom stereocenters. The molecule has 0 aliphatic heterocycles. The Bertz CT molecular complexity index is 604. The monoisotopic (exact) mass is 372 g/mol. The van der Waals surface area contributed by atoms with Crippen LogP contribution in [0.4, 0.5) is 10.1 Å².